The van der Waals surface area contributed by atoms with Crippen molar-refractivity contribution in [3.63, 3.8) is 0 Å². The van der Waals surface area contributed by atoms with Crippen LogP contribution in [0.2, 0.25) is 5.02 Å². The summed E-state index contributed by atoms with van der Waals surface area (Å²) in [5.74, 6) is -0.190. The Balaban J connectivity index is 1.92. The summed E-state index contributed by atoms with van der Waals surface area (Å²) < 4.78 is 7.14. The lowest BCUT2D eigenvalue weighted by Gasteiger charge is -2.23. The Hall–Kier alpha value is -1.42. The van der Waals surface area contributed by atoms with E-state index in [9.17, 15) is 9.59 Å². The summed E-state index contributed by atoms with van der Waals surface area (Å²) >= 11 is 16.6. The van der Waals surface area contributed by atoms with Gasteiger partial charge in [-0.05, 0) is 74.7 Å². The Kier molecular flexibility index (Phi) is 7.95. The number of esters is 1. The molecule has 1 aliphatic heterocycles. The molecule has 0 unspecified atom stereocenters. The van der Waals surface area contributed by atoms with Gasteiger partial charge in [0.15, 0.2) is 11.6 Å². The molecule has 0 aliphatic carbocycles. The molecule has 1 heterocycles. The van der Waals surface area contributed by atoms with Gasteiger partial charge in [0.05, 0.1) is 18.5 Å². The first-order valence-electron chi connectivity index (χ1n) is 8.94. The number of hydrazone groups is 1. The highest BCUT2D eigenvalue weighted by Gasteiger charge is 2.32. The van der Waals surface area contributed by atoms with E-state index in [1.54, 1.807) is 17.1 Å². The second-order valence-corrected chi connectivity index (χ2v) is 9.50. The number of hydrogen-bond acceptors (Lipinski definition) is 6. The number of anilines is 2. The lowest BCUT2D eigenvalue weighted by atomic mass is 10.1. The summed E-state index contributed by atoms with van der Waals surface area (Å²) in [7, 11) is 1.33. The van der Waals surface area contributed by atoms with E-state index >= 15 is 0 Å². The van der Waals surface area contributed by atoms with Gasteiger partial charge in [-0.3, -0.25) is 14.5 Å². The average Bonchev–Trinajstić information content (AvgIpc) is 3.12. The minimum absolute atomic E-state index is 0.155. The molecule has 158 valence electrons. The minimum Gasteiger partial charge on any atom is -0.469 e. The summed E-state index contributed by atoms with van der Waals surface area (Å²) in [6.45, 7) is 0.346. The van der Waals surface area contributed by atoms with Gasteiger partial charge in [-0.25, -0.2) is 5.01 Å². The highest BCUT2D eigenvalue weighted by molar-refractivity contribution is 9.11. The number of nitrogens with zero attached hydrogens (tertiary/aromatic N) is 3. The number of amidine groups is 1. The SMILES string of the molecule is COC(=O)CCCC(=O)C1=NN(c2ccc(Cl)cc2)CN1c1c(Br)cc(Br)cc1Br. The van der Waals surface area contributed by atoms with Crippen LogP contribution in [0.4, 0.5) is 11.4 Å². The van der Waals surface area contributed by atoms with Crippen LogP contribution in [-0.4, -0.2) is 31.4 Å². The third kappa shape index (κ3) is 5.43. The van der Waals surface area contributed by atoms with Crippen LogP contribution in [0.1, 0.15) is 19.3 Å². The molecule has 0 amide bonds. The van der Waals surface area contributed by atoms with Crippen molar-refractivity contribution in [3.05, 3.63) is 54.8 Å². The molecule has 1 aliphatic rings. The summed E-state index contributed by atoms with van der Waals surface area (Å²) in [5.41, 5.74) is 1.60. The molecule has 0 radical (unpaired) electrons. The van der Waals surface area contributed by atoms with Crippen molar-refractivity contribution in [1.29, 1.82) is 0 Å². The van der Waals surface area contributed by atoms with Gasteiger partial charge in [0.25, 0.3) is 0 Å². The maximum Gasteiger partial charge on any atom is 0.305 e. The number of carbonyl (C=O) groups excluding carboxylic acids is 2. The molecule has 3 rings (SSSR count). The molecule has 0 fully saturated rings. The number of hydrogen-bond donors (Lipinski definition) is 0. The first-order valence-corrected chi connectivity index (χ1v) is 11.7. The molecule has 0 aromatic heterocycles. The average molecular weight is 623 g/mol. The molecule has 0 saturated heterocycles. The molecule has 2 aromatic rings. The van der Waals surface area contributed by atoms with Crippen LogP contribution in [0.15, 0.2) is 54.9 Å². The topological polar surface area (TPSA) is 62.2 Å². The second kappa shape index (κ2) is 10.3. The third-order valence-corrected chi connectivity index (χ3v) is 6.30. The number of benzene rings is 2. The molecule has 0 saturated carbocycles. The molecule has 6 nitrogen and oxygen atoms in total. The quantitative estimate of drug-likeness (QED) is 0.348. The van der Waals surface area contributed by atoms with Crippen LogP contribution in [0, 0.1) is 0 Å². The van der Waals surface area contributed by atoms with E-state index in [4.69, 9.17) is 11.6 Å². The summed E-state index contributed by atoms with van der Waals surface area (Å²) in [4.78, 5) is 26.2. The van der Waals surface area contributed by atoms with Gasteiger partial charge in [-0.15, -0.1) is 5.10 Å². The van der Waals surface area contributed by atoms with Crippen LogP contribution in [0.5, 0.6) is 0 Å². The number of halogens is 4. The van der Waals surface area contributed by atoms with Crippen LogP contribution >= 0.6 is 59.4 Å². The van der Waals surface area contributed by atoms with Crippen molar-refractivity contribution in [3.8, 4) is 0 Å². The predicted molar refractivity (Wildman–Crippen MR) is 129 cm³/mol. The summed E-state index contributed by atoms with van der Waals surface area (Å²) in [6.07, 6.45) is 0.759. The van der Waals surface area contributed by atoms with Gasteiger partial charge in [0.1, 0.15) is 6.67 Å². The third-order valence-electron chi connectivity index (χ3n) is 4.38. The van der Waals surface area contributed by atoms with E-state index in [0.717, 1.165) is 24.8 Å². The van der Waals surface area contributed by atoms with E-state index < -0.39 is 0 Å². The number of rotatable bonds is 7. The highest BCUT2D eigenvalue weighted by Crippen LogP contribution is 2.39. The van der Waals surface area contributed by atoms with Gasteiger partial charge < -0.3 is 4.74 Å². The fraction of sp³-hybridized carbons (Fsp3) is 0.250. The Morgan fingerprint density at radius 2 is 1.73 bits per heavy atom. The summed E-state index contributed by atoms with van der Waals surface area (Å²) in [6, 6.07) is 11.1. The normalized spacial score (nSPS) is 13.4. The molecule has 0 atom stereocenters. The molecule has 30 heavy (non-hydrogen) atoms. The van der Waals surface area contributed by atoms with Crippen molar-refractivity contribution >= 4 is 88.4 Å². The Bertz CT molecular complexity index is 976. The monoisotopic (exact) mass is 619 g/mol. The summed E-state index contributed by atoms with van der Waals surface area (Å²) in [5, 5.41) is 6.94. The number of ketones is 1. The van der Waals surface area contributed by atoms with Crippen LogP contribution in [0.25, 0.3) is 0 Å². The second-order valence-electron chi connectivity index (χ2n) is 6.44. The van der Waals surface area contributed by atoms with Crippen LogP contribution < -0.4 is 9.91 Å². The van der Waals surface area contributed by atoms with Crippen LogP contribution in [0.3, 0.4) is 0 Å². The smallest absolute Gasteiger partial charge is 0.305 e. The molecule has 0 bridgehead atoms. The Labute approximate surface area is 204 Å². The fourth-order valence-electron chi connectivity index (χ4n) is 2.94. The number of Topliss-reactive ketones (excluding diaryl/α,β-unsaturated/α-hetero) is 1. The molecule has 10 heteroatoms. The van der Waals surface area contributed by atoms with Gasteiger partial charge in [0.2, 0.25) is 0 Å². The first kappa shape index (κ1) is 23.2. The van der Waals surface area contributed by atoms with Crippen molar-refractivity contribution < 1.29 is 14.3 Å². The molecule has 0 N–H and O–H groups in total. The Morgan fingerprint density at radius 1 is 1.10 bits per heavy atom. The van der Waals surface area contributed by atoms with Crippen molar-refractivity contribution in [1.82, 2.24) is 0 Å². The van der Waals surface area contributed by atoms with Gasteiger partial charge in [0, 0.05) is 31.3 Å². The van der Waals surface area contributed by atoms with E-state index in [-0.39, 0.29) is 24.6 Å². The minimum atomic E-state index is -0.339. The molecular formula is C20H17Br3ClN3O3. The maximum absolute atomic E-state index is 13.0. The van der Waals surface area contributed by atoms with Gasteiger partial charge >= 0.3 is 5.97 Å². The standard InChI is InChI=1S/C20H17Br3ClN3O3/c1-30-18(29)4-2-3-17(28)20-25-27(14-7-5-13(24)6-8-14)11-26(20)19-15(22)9-12(21)10-16(19)23/h5-10H,2-4,11H2,1H3. The zero-order valence-electron chi connectivity index (χ0n) is 15.9. The predicted octanol–water partition coefficient (Wildman–Crippen LogP) is 6.14. The number of carbonyl (C=O) groups is 2. The van der Waals surface area contributed by atoms with E-state index in [0.29, 0.717) is 23.9 Å². The largest absolute Gasteiger partial charge is 0.469 e. The molecular weight excluding hydrogens is 605 g/mol. The van der Waals surface area contributed by atoms with Crippen molar-refractivity contribution in [2.24, 2.45) is 5.10 Å². The lowest BCUT2D eigenvalue weighted by molar-refractivity contribution is -0.140. The van der Waals surface area contributed by atoms with Crippen molar-refractivity contribution in [2.45, 2.75) is 19.3 Å². The van der Waals surface area contributed by atoms with E-state index in [2.05, 4.69) is 57.6 Å². The van der Waals surface area contributed by atoms with Crippen molar-refractivity contribution in [2.75, 3.05) is 23.7 Å². The number of methoxy groups -OCH3 is 1. The Morgan fingerprint density at radius 3 is 2.33 bits per heavy atom. The number of ether oxygens (including phenoxy) is 1. The maximum atomic E-state index is 13.0. The lowest BCUT2D eigenvalue weighted by Crippen LogP contribution is -2.35. The van der Waals surface area contributed by atoms with Crippen LogP contribution in [-0.2, 0) is 14.3 Å². The van der Waals surface area contributed by atoms with Gasteiger partial charge in [-0.2, -0.15) is 0 Å². The van der Waals surface area contributed by atoms with E-state index in [1.807, 2.05) is 29.2 Å². The fourth-order valence-corrected chi connectivity index (χ4v) is 5.75. The van der Waals surface area contributed by atoms with Gasteiger partial charge in [-0.1, -0.05) is 27.5 Å². The highest BCUT2D eigenvalue weighted by atomic mass is 79.9. The van der Waals surface area contributed by atoms with E-state index in [1.165, 1.54) is 7.11 Å². The zero-order chi connectivity index (χ0) is 21.8. The first-order chi connectivity index (χ1) is 14.3. The molecule has 0 spiro atoms. The molecule has 2 aromatic carbocycles. The zero-order valence-corrected chi connectivity index (χ0v) is 21.4.